The van der Waals surface area contributed by atoms with Gasteiger partial charge in [-0.15, -0.1) is 0 Å². The van der Waals surface area contributed by atoms with Gasteiger partial charge in [-0.05, 0) is 18.1 Å². The monoisotopic (exact) mass is 353 g/mol. The van der Waals surface area contributed by atoms with Gasteiger partial charge in [-0.3, -0.25) is 9.59 Å². The maximum atomic E-state index is 12.6. The van der Waals surface area contributed by atoms with Gasteiger partial charge >= 0.3 is 5.97 Å². The van der Waals surface area contributed by atoms with Crippen LogP contribution in [0.4, 0.5) is 0 Å². The Morgan fingerprint density at radius 3 is 2.46 bits per heavy atom. The summed E-state index contributed by atoms with van der Waals surface area (Å²) in [6, 6.07) is 8.03. The van der Waals surface area contributed by atoms with Gasteiger partial charge in [0.2, 0.25) is 0 Å². The maximum Gasteiger partial charge on any atom is 0.326 e. The molecule has 0 unspecified atom stereocenters. The highest BCUT2D eigenvalue weighted by Gasteiger charge is 2.25. The Balaban J connectivity index is 2.14. The van der Waals surface area contributed by atoms with Crippen LogP contribution in [0.5, 0.6) is 0 Å². The number of nitrogens with zero attached hydrogens (tertiary/aromatic N) is 1. The number of hydrogen-bond donors (Lipinski definition) is 3. The zero-order chi connectivity index (χ0) is 19.0. The molecule has 1 amide bonds. The van der Waals surface area contributed by atoms with E-state index in [2.05, 4.69) is 15.3 Å². The Morgan fingerprint density at radius 2 is 1.85 bits per heavy atom. The summed E-state index contributed by atoms with van der Waals surface area (Å²) in [4.78, 5) is 43.3. The molecule has 26 heavy (non-hydrogen) atoms. The topological polar surface area (TPSA) is 112 Å². The molecule has 0 radical (unpaired) electrons. The summed E-state index contributed by atoms with van der Waals surface area (Å²) in [5.41, 5.74) is 1.56. The summed E-state index contributed by atoms with van der Waals surface area (Å²) in [5, 5.41) is 13.3. The number of carboxylic acid groups (broad SMARTS) is 1. The van der Waals surface area contributed by atoms with Crippen LogP contribution in [0.15, 0.2) is 30.3 Å². The number of carbonyl (C=O) groups is 3. The molecule has 2 aromatic heterocycles. The van der Waals surface area contributed by atoms with Gasteiger partial charge in [0.05, 0.1) is 5.52 Å². The summed E-state index contributed by atoms with van der Waals surface area (Å²) in [7, 11) is 0. The van der Waals surface area contributed by atoms with Crippen LogP contribution < -0.4 is 5.32 Å². The Hall–Kier alpha value is -3.22. The highest BCUT2D eigenvalue weighted by atomic mass is 16.4. The van der Waals surface area contributed by atoms with E-state index in [-0.39, 0.29) is 23.1 Å². The second-order valence-electron chi connectivity index (χ2n) is 6.54. The molecule has 1 atom stereocenters. The number of aromatic amines is 1. The minimum atomic E-state index is -1.12. The molecule has 7 heteroatoms. The van der Waals surface area contributed by atoms with Crippen molar-refractivity contribution in [2.75, 3.05) is 0 Å². The zero-order valence-electron chi connectivity index (χ0n) is 14.7. The number of aliphatic carboxylic acids is 1. The van der Waals surface area contributed by atoms with Gasteiger partial charge in [-0.1, -0.05) is 32.0 Å². The van der Waals surface area contributed by atoms with Crippen molar-refractivity contribution >= 4 is 39.5 Å². The third-order valence-corrected chi connectivity index (χ3v) is 4.28. The van der Waals surface area contributed by atoms with Crippen molar-refractivity contribution in [3.05, 3.63) is 41.7 Å². The van der Waals surface area contributed by atoms with Crippen LogP contribution in [-0.4, -0.2) is 38.8 Å². The number of nitrogens with one attached hydrogen (secondary N) is 2. The number of carboxylic acids is 1. The largest absolute Gasteiger partial charge is 0.480 e. The summed E-state index contributed by atoms with van der Waals surface area (Å²) in [6.45, 7) is 4.79. The fourth-order valence-corrected chi connectivity index (χ4v) is 2.95. The number of fused-ring (bicyclic) bond motifs is 3. The van der Waals surface area contributed by atoms with E-state index in [1.807, 2.05) is 24.3 Å². The molecule has 0 spiro atoms. The van der Waals surface area contributed by atoms with Crippen molar-refractivity contribution in [3.8, 4) is 0 Å². The molecule has 7 nitrogen and oxygen atoms in total. The molecule has 3 N–H and O–H groups in total. The highest BCUT2D eigenvalue weighted by molar-refractivity contribution is 6.15. The van der Waals surface area contributed by atoms with Crippen LogP contribution in [0.2, 0.25) is 0 Å². The van der Waals surface area contributed by atoms with Crippen LogP contribution in [0, 0.1) is 5.92 Å². The van der Waals surface area contributed by atoms with Crippen LogP contribution in [0.3, 0.4) is 0 Å². The molecule has 0 bridgehead atoms. The lowest BCUT2D eigenvalue weighted by Crippen LogP contribution is -2.44. The van der Waals surface area contributed by atoms with Gasteiger partial charge in [0.15, 0.2) is 5.78 Å². The van der Waals surface area contributed by atoms with Crippen LogP contribution in [0.25, 0.3) is 21.8 Å². The van der Waals surface area contributed by atoms with Gasteiger partial charge in [0.25, 0.3) is 5.91 Å². The van der Waals surface area contributed by atoms with Gasteiger partial charge in [-0.2, -0.15) is 0 Å². The zero-order valence-corrected chi connectivity index (χ0v) is 14.7. The second kappa shape index (κ2) is 6.59. The average molecular weight is 353 g/mol. The van der Waals surface area contributed by atoms with E-state index < -0.39 is 17.9 Å². The molecule has 0 aliphatic rings. The number of pyridine rings is 1. The lowest BCUT2D eigenvalue weighted by Gasteiger charge is -2.17. The predicted molar refractivity (Wildman–Crippen MR) is 97.3 cm³/mol. The molecule has 3 rings (SSSR count). The molecule has 1 aromatic carbocycles. The number of hydrogen-bond acceptors (Lipinski definition) is 4. The maximum absolute atomic E-state index is 12.6. The molecule has 2 heterocycles. The number of benzene rings is 1. The minimum absolute atomic E-state index is 0.0133. The fraction of sp³-hybridized carbons (Fsp3) is 0.263. The number of amides is 1. The summed E-state index contributed by atoms with van der Waals surface area (Å²) in [6.07, 6.45) is 0. The normalized spacial score (nSPS) is 12.5. The number of Topliss-reactive ketones (excluding diaryl/α,β-unsaturated/α-hetero) is 1. The van der Waals surface area contributed by atoms with E-state index in [1.165, 1.54) is 6.92 Å². The summed E-state index contributed by atoms with van der Waals surface area (Å²) >= 11 is 0. The molecule has 3 aromatic rings. The van der Waals surface area contributed by atoms with Crippen molar-refractivity contribution in [1.82, 2.24) is 15.3 Å². The average Bonchev–Trinajstić information content (AvgIpc) is 2.96. The summed E-state index contributed by atoms with van der Waals surface area (Å²) in [5.74, 6) is -2.32. The molecular weight excluding hydrogens is 334 g/mol. The quantitative estimate of drug-likeness (QED) is 0.611. The van der Waals surface area contributed by atoms with E-state index in [0.29, 0.717) is 10.9 Å². The van der Waals surface area contributed by atoms with E-state index in [0.717, 1.165) is 10.9 Å². The number of ketones is 1. The van der Waals surface area contributed by atoms with Crippen molar-refractivity contribution < 1.29 is 19.5 Å². The first kappa shape index (κ1) is 17.6. The number of para-hydroxylation sites is 1. The van der Waals surface area contributed by atoms with Crippen LogP contribution in [0.1, 0.15) is 41.7 Å². The first-order valence-corrected chi connectivity index (χ1v) is 8.25. The lowest BCUT2D eigenvalue weighted by molar-refractivity contribution is -0.140. The van der Waals surface area contributed by atoms with Crippen molar-refractivity contribution in [1.29, 1.82) is 0 Å². The third-order valence-electron chi connectivity index (χ3n) is 4.28. The van der Waals surface area contributed by atoms with Gasteiger partial charge in [0.1, 0.15) is 17.4 Å². The molecule has 0 fully saturated rings. The molecule has 0 saturated carbocycles. The van der Waals surface area contributed by atoms with Gasteiger partial charge in [-0.25, -0.2) is 9.78 Å². The van der Waals surface area contributed by atoms with Crippen molar-refractivity contribution in [3.63, 3.8) is 0 Å². The summed E-state index contributed by atoms with van der Waals surface area (Å²) < 4.78 is 0. The van der Waals surface area contributed by atoms with E-state index in [1.54, 1.807) is 19.9 Å². The smallest absolute Gasteiger partial charge is 0.326 e. The number of rotatable bonds is 5. The van der Waals surface area contributed by atoms with Crippen molar-refractivity contribution in [2.45, 2.75) is 26.8 Å². The van der Waals surface area contributed by atoms with Crippen LogP contribution >= 0.6 is 0 Å². The Kier molecular flexibility index (Phi) is 4.46. The molecule has 0 saturated heterocycles. The first-order chi connectivity index (χ1) is 12.3. The number of aromatic nitrogens is 2. The second-order valence-corrected chi connectivity index (χ2v) is 6.54. The van der Waals surface area contributed by atoms with E-state index >= 15 is 0 Å². The number of carbonyl (C=O) groups excluding carboxylic acids is 2. The van der Waals surface area contributed by atoms with E-state index in [4.69, 9.17) is 0 Å². The molecule has 134 valence electrons. The third kappa shape index (κ3) is 3.03. The number of H-pyrrole nitrogens is 1. The highest BCUT2D eigenvalue weighted by Crippen LogP contribution is 2.28. The van der Waals surface area contributed by atoms with Gasteiger partial charge < -0.3 is 15.4 Å². The SMILES string of the molecule is CC(=O)c1nc(C(=O)N[C@H](C(=O)O)C(C)C)cc2c1[nH]c1ccccc12. The molecule has 0 aliphatic heterocycles. The standard InChI is InChI=1S/C19H19N3O4/c1-9(2)15(19(25)26)22-18(24)14-8-12-11-6-4-5-7-13(11)20-17(12)16(21-14)10(3)23/h4-9,15,20H,1-3H3,(H,22,24)(H,25,26)/t15-/m0/s1. The first-order valence-electron chi connectivity index (χ1n) is 8.25. The predicted octanol–water partition coefficient (Wildman–Crippen LogP) is 2.76. The molecule has 0 aliphatic carbocycles. The Morgan fingerprint density at radius 1 is 1.15 bits per heavy atom. The Labute approximate surface area is 149 Å². The fourth-order valence-electron chi connectivity index (χ4n) is 2.95. The van der Waals surface area contributed by atoms with Crippen LogP contribution in [-0.2, 0) is 4.79 Å². The lowest BCUT2D eigenvalue weighted by atomic mass is 10.0. The molecular formula is C19H19N3O4. The Bertz CT molecular complexity index is 1040. The minimum Gasteiger partial charge on any atom is -0.480 e. The van der Waals surface area contributed by atoms with E-state index in [9.17, 15) is 19.5 Å². The van der Waals surface area contributed by atoms with Crippen molar-refractivity contribution in [2.24, 2.45) is 5.92 Å². The van der Waals surface area contributed by atoms with Gasteiger partial charge in [0, 0.05) is 23.2 Å².